The van der Waals surface area contributed by atoms with Gasteiger partial charge in [0.25, 0.3) is 0 Å². The molecule has 6 nitrogen and oxygen atoms in total. The van der Waals surface area contributed by atoms with Gasteiger partial charge in [-0.25, -0.2) is 0 Å². The van der Waals surface area contributed by atoms with E-state index in [0.29, 0.717) is 6.42 Å². The Balaban J connectivity index is 1.98. The smallest absolute Gasteiger partial charge is 0.318 e. The van der Waals surface area contributed by atoms with Gasteiger partial charge in [0.2, 0.25) is 0 Å². The van der Waals surface area contributed by atoms with E-state index in [4.69, 9.17) is 0 Å². The Morgan fingerprint density at radius 3 is 2.42 bits per heavy atom. The third kappa shape index (κ3) is 2.07. The molecule has 3 rings (SSSR count). The summed E-state index contributed by atoms with van der Waals surface area (Å²) in [7, 11) is 0. The Morgan fingerprint density at radius 2 is 1.63 bits per heavy atom. The zero-order valence-corrected chi connectivity index (χ0v) is 10.0. The molecule has 3 aliphatic rings. The van der Waals surface area contributed by atoms with E-state index in [9.17, 15) is 19.2 Å². The van der Waals surface area contributed by atoms with Crippen LogP contribution in [-0.2, 0) is 28.7 Å². The van der Waals surface area contributed by atoms with Gasteiger partial charge in [-0.1, -0.05) is 12.2 Å². The van der Waals surface area contributed by atoms with Crippen molar-refractivity contribution in [3.05, 3.63) is 12.2 Å². The van der Waals surface area contributed by atoms with Crippen molar-refractivity contribution in [1.29, 1.82) is 0 Å². The molecule has 0 aromatic heterocycles. The molecule has 1 aliphatic carbocycles. The molecular formula is C13H12O6. The van der Waals surface area contributed by atoms with Crippen LogP contribution in [0.4, 0.5) is 0 Å². The molecule has 19 heavy (non-hydrogen) atoms. The van der Waals surface area contributed by atoms with Crippen LogP contribution >= 0.6 is 0 Å². The van der Waals surface area contributed by atoms with E-state index in [0.717, 1.165) is 0 Å². The van der Waals surface area contributed by atoms with Crippen molar-refractivity contribution in [2.24, 2.45) is 23.7 Å². The SMILES string of the molecule is O=C1CC2C=CC(CC(=O)O1)C1C(=O)OC(=O)C1C2. The quantitative estimate of drug-likeness (QED) is 0.356. The molecule has 2 bridgehead atoms. The first kappa shape index (κ1) is 12.1. The molecule has 0 amide bonds. The monoisotopic (exact) mass is 264 g/mol. The van der Waals surface area contributed by atoms with E-state index in [1.165, 1.54) is 0 Å². The predicted molar refractivity (Wildman–Crippen MR) is 59.1 cm³/mol. The zero-order valence-electron chi connectivity index (χ0n) is 10.0. The number of hydrogen-bond donors (Lipinski definition) is 0. The average Bonchev–Trinajstić information content (AvgIpc) is 2.51. The van der Waals surface area contributed by atoms with Crippen LogP contribution in [0.2, 0.25) is 0 Å². The lowest BCUT2D eigenvalue weighted by Gasteiger charge is -2.20. The molecule has 0 radical (unpaired) electrons. The summed E-state index contributed by atoms with van der Waals surface area (Å²) in [4.78, 5) is 46.5. The molecule has 2 heterocycles. The standard InChI is InChI=1S/C13H12O6/c14-9-4-6-1-2-7(5-10(15)18-9)11-8(3-6)12(16)19-13(11)17/h1-2,6-8,11H,3-5H2. The van der Waals surface area contributed by atoms with Crippen molar-refractivity contribution in [2.75, 3.05) is 0 Å². The highest BCUT2D eigenvalue weighted by atomic mass is 16.6. The minimum absolute atomic E-state index is 0.0413. The largest absolute Gasteiger partial charge is 0.393 e. The van der Waals surface area contributed by atoms with Crippen LogP contribution in [0.5, 0.6) is 0 Å². The van der Waals surface area contributed by atoms with Crippen molar-refractivity contribution in [1.82, 2.24) is 0 Å². The number of cyclic esters (lactones) is 4. The summed E-state index contributed by atoms with van der Waals surface area (Å²) in [6.07, 6.45) is 3.89. The highest BCUT2D eigenvalue weighted by Gasteiger charge is 2.50. The summed E-state index contributed by atoms with van der Waals surface area (Å²) in [6, 6.07) is 0. The highest BCUT2D eigenvalue weighted by molar-refractivity contribution is 5.97. The minimum Gasteiger partial charge on any atom is -0.393 e. The summed E-state index contributed by atoms with van der Waals surface area (Å²) >= 11 is 0. The molecule has 1 fully saturated rings. The number of allylic oxidation sites excluding steroid dienone is 2. The van der Waals surface area contributed by atoms with Crippen molar-refractivity contribution < 1.29 is 28.7 Å². The van der Waals surface area contributed by atoms with Crippen molar-refractivity contribution in [2.45, 2.75) is 19.3 Å². The maximum Gasteiger partial charge on any atom is 0.318 e. The first-order valence-electron chi connectivity index (χ1n) is 6.22. The number of hydrogen-bond acceptors (Lipinski definition) is 6. The molecule has 2 aliphatic heterocycles. The number of esters is 4. The Kier molecular flexibility index (Phi) is 2.73. The fourth-order valence-corrected chi connectivity index (χ4v) is 3.06. The minimum atomic E-state index is -0.659. The van der Waals surface area contributed by atoms with Crippen LogP contribution in [0.3, 0.4) is 0 Å². The van der Waals surface area contributed by atoms with Gasteiger partial charge in [-0.2, -0.15) is 0 Å². The molecule has 0 N–H and O–H groups in total. The fraction of sp³-hybridized carbons (Fsp3) is 0.538. The highest BCUT2D eigenvalue weighted by Crippen LogP contribution is 2.41. The Bertz CT molecular complexity index is 505. The third-order valence-electron chi connectivity index (χ3n) is 3.92. The van der Waals surface area contributed by atoms with Crippen LogP contribution in [0, 0.1) is 23.7 Å². The van der Waals surface area contributed by atoms with Crippen LogP contribution in [0.25, 0.3) is 0 Å². The van der Waals surface area contributed by atoms with E-state index >= 15 is 0 Å². The number of fused-ring (bicyclic) bond motifs is 4. The molecule has 0 saturated carbocycles. The summed E-state index contributed by atoms with van der Waals surface area (Å²) in [5, 5.41) is 0. The van der Waals surface area contributed by atoms with Gasteiger partial charge < -0.3 is 9.47 Å². The Labute approximate surface area is 108 Å². The summed E-state index contributed by atoms with van der Waals surface area (Å²) in [5.74, 6) is -4.20. The summed E-state index contributed by atoms with van der Waals surface area (Å²) in [5.41, 5.74) is 0. The van der Waals surface area contributed by atoms with Crippen LogP contribution in [-0.4, -0.2) is 23.9 Å². The lowest BCUT2D eigenvalue weighted by atomic mass is 9.79. The van der Waals surface area contributed by atoms with Crippen molar-refractivity contribution in [3.8, 4) is 0 Å². The number of carbonyl (C=O) groups is 4. The molecule has 0 spiro atoms. The second-order valence-electron chi connectivity index (χ2n) is 5.17. The van der Waals surface area contributed by atoms with Crippen molar-refractivity contribution >= 4 is 23.9 Å². The molecule has 4 unspecified atom stereocenters. The predicted octanol–water partition coefficient (Wildman–Crippen LogP) is 0.358. The number of rotatable bonds is 0. The molecular weight excluding hydrogens is 252 g/mol. The van der Waals surface area contributed by atoms with Gasteiger partial charge in [0.1, 0.15) is 0 Å². The van der Waals surface area contributed by atoms with Gasteiger partial charge in [0, 0.05) is 5.92 Å². The van der Waals surface area contributed by atoms with E-state index in [1.54, 1.807) is 6.08 Å². The first-order chi connectivity index (χ1) is 9.04. The molecule has 6 heteroatoms. The molecule has 100 valence electrons. The van der Waals surface area contributed by atoms with Gasteiger partial charge in [0.05, 0.1) is 24.7 Å². The molecule has 0 aromatic rings. The topological polar surface area (TPSA) is 86.7 Å². The first-order valence-corrected chi connectivity index (χ1v) is 6.22. The average molecular weight is 264 g/mol. The van der Waals surface area contributed by atoms with Gasteiger partial charge in [-0.15, -0.1) is 0 Å². The van der Waals surface area contributed by atoms with Crippen LogP contribution in [0.15, 0.2) is 12.2 Å². The maximum atomic E-state index is 11.7. The second kappa shape index (κ2) is 4.29. The third-order valence-corrected chi connectivity index (χ3v) is 3.92. The Hall–Kier alpha value is -1.98. The van der Waals surface area contributed by atoms with Gasteiger partial charge in [-0.05, 0) is 12.3 Å². The van der Waals surface area contributed by atoms with E-state index in [1.807, 2.05) is 6.08 Å². The van der Waals surface area contributed by atoms with Crippen molar-refractivity contribution in [3.63, 3.8) is 0 Å². The second-order valence-corrected chi connectivity index (χ2v) is 5.17. The fourth-order valence-electron chi connectivity index (χ4n) is 3.06. The van der Waals surface area contributed by atoms with Crippen LogP contribution < -0.4 is 0 Å². The van der Waals surface area contributed by atoms with Gasteiger partial charge in [-0.3, -0.25) is 19.2 Å². The lowest BCUT2D eigenvalue weighted by Crippen LogP contribution is -2.29. The summed E-state index contributed by atoms with van der Waals surface area (Å²) in [6.45, 7) is 0. The molecule has 1 saturated heterocycles. The van der Waals surface area contributed by atoms with E-state index < -0.39 is 41.6 Å². The zero-order chi connectivity index (χ0) is 13.6. The lowest BCUT2D eigenvalue weighted by molar-refractivity contribution is -0.161. The Morgan fingerprint density at radius 1 is 0.895 bits per heavy atom. The van der Waals surface area contributed by atoms with Gasteiger partial charge >= 0.3 is 23.9 Å². The number of carbonyl (C=O) groups excluding carboxylic acids is 4. The summed E-state index contributed by atoms with van der Waals surface area (Å²) < 4.78 is 9.33. The van der Waals surface area contributed by atoms with Crippen LogP contribution in [0.1, 0.15) is 19.3 Å². The van der Waals surface area contributed by atoms with E-state index in [2.05, 4.69) is 9.47 Å². The number of ether oxygens (including phenoxy) is 2. The normalized spacial score (nSPS) is 37.9. The van der Waals surface area contributed by atoms with E-state index in [-0.39, 0.29) is 18.8 Å². The van der Waals surface area contributed by atoms with Gasteiger partial charge in [0.15, 0.2) is 0 Å². The molecule has 0 aromatic carbocycles. The maximum absolute atomic E-state index is 11.7. The molecule has 4 atom stereocenters.